The number of benzene rings is 1. The van der Waals surface area contributed by atoms with Gasteiger partial charge in [0.1, 0.15) is 12.1 Å². The van der Waals surface area contributed by atoms with Gasteiger partial charge in [0.15, 0.2) is 0 Å². The van der Waals surface area contributed by atoms with Crippen LogP contribution in [0.1, 0.15) is 18.4 Å². The molecular formula is C20H28N4O7S. The van der Waals surface area contributed by atoms with E-state index >= 15 is 0 Å². The topological polar surface area (TPSA) is 188 Å². The Labute approximate surface area is 189 Å². The third-order valence-electron chi connectivity index (χ3n) is 4.31. The first-order valence-electron chi connectivity index (χ1n) is 9.74. The quantitative estimate of drug-likeness (QED) is 0.198. The molecule has 0 spiro atoms. The summed E-state index contributed by atoms with van der Waals surface area (Å²) >= 11 is 1.41. The molecule has 0 aliphatic heterocycles. The highest BCUT2D eigenvalue weighted by Gasteiger charge is 2.28. The molecule has 3 atom stereocenters. The summed E-state index contributed by atoms with van der Waals surface area (Å²) in [5, 5.41) is 24.8. The van der Waals surface area contributed by atoms with Crippen LogP contribution in [-0.4, -0.2) is 76.6 Å². The summed E-state index contributed by atoms with van der Waals surface area (Å²) in [6, 6.07) is 5.52. The first-order chi connectivity index (χ1) is 15.1. The highest BCUT2D eigenvalue weighted by molar-refractivity contribution is 7.98. The van der Waals surface area contributed by atoms with E-state index in [0.29, 0.717) is 5.75 Å². The van der Waals surface area contributed by atoms with Gasteiger partial charge in [0.2, 0.25) is 17.7 Å². The van der Waals surface area contributed by atoms with E-state index in [4.69, 9.17) is 15.9 Å². The lowest BCUT2D eigenvalue weighted by Crippen LogP contribution is -2.54. The predicted molar refractivity (Wildman–Crippen MR) is 118 cm³/mol. The Morgan fingerprint density at radius 1 is 1.00 bits per heavy atom. The molecule has 32 heavy (non-hydrogen) atoms. The van der Waals surface area contributed by atoms with Crippen LogP contribution >= 0.6 is 11.8 Å². The van der Waals surface area contributed by atoms with Crippen molar-refractivity contribution < 1.29 is 34.2 Å². The van der Waals surface area contributed by atoms with E-state index in [1.54, 1.807) is 6.26 Å². The molecule has 176 valence electrons. The molecule has 11 nitrogen and oxygen atoms in total. The molecule has 0 saturated carbocycles. The van der Waals surface area contributed by atoms with Gasteiger partial charge in [-0.2, -0.15) is 11.8 Å². The number of nitrogens with one attached hydrogen (secondary N) is 3. The van der Waals surface area contributed by atoms with Crippen molar-refractivity contribution in [3.05, 3.63) is 35.9 Å². The minimum atomic E-state index is -1.63. The van der Waals surface area contributed by atoms with Crippen LogP contribution in [0.15, 0.2) is 30.3 Å². The monoisotopic (exact) mass is 468 g/mol. The number of thioether (sulfide) groups is 1. The second kappa shape index (κ2) is 14.0. The van der Waals surface area contributed by atoms with Crippen molar-refractivity contribution in [3.63, 3.8) is 0 Å². The number of amides is 3. The van der Waals surface area contributed by atoms with Gasteiger partial charge in [0, 0.05) is 0 Å². The standard InChI is InChI=1S/C20H28N4O7S/c1-32-8-7-14(19(29)24-15(20(30)31)10-17(26)27)23-16(25)11-22-18(28)13(21)9-12-5-3-2-4-6-12/h2-6,13-15H,7-11,21H2,1H3,(H,22,28)(H,23,25)(H,24,29)(H,26,27)(H,30,31). The Kier molecular flexibility index (Phi) is 11.8. The van der Waals surface area contributed by atoms with Crippen molar-refractivity contribution in [1.29, 1.82) is 0 Å². The number of carbonyl (C=O) groups is 5. The van der Waals surface area contributed by atoms with E-state index in [-0.39, 0.29) is 12.8 Å². The third-order valence-corrected chi connectivity index (χ3v) is 4.96. The number of aliphatic carboxylic acids is 2. The maximum Gasteiger partial charge on any atom is 0.326 e. The number of hydrogen-bond donors (Lipinski definition) is 6. The van der Waals surface area contributed by atoms with E-state index in [0.717, 1.165) is 5.56 Å². The van der Waals surface area contributed by atoms with Crippen LogP contribution in [0.25, 0.3) is 0 Å². The van der Waals surface area contributed by atoms with Crippen LogP contribution in [0, 0.1) is 0 Å². The minimum Gasteiger partial charge on any atom is -0.481 e. The van der Waals surface area contributed by atoms with Crippen LogP contribution < -0.4 is 21.7 Å². The molecule has 1 rings (SSSR count). The number of carboxylic acid groups (broad SMARTS) is 2. The largest absolute Gasteiger partial charge is 0.481 e. The smallest absolute Gasteiger partial charge is 0.326 e. The molecule has 0 heterocycles. The van der Waals surface area contributed by atoms with E-state index < -0.39 is 60.8 Å². The molecule has 1 aromatic rings. The molecule has 3 unspecified atom stereocenters. The number of hydrogen-bond acceptors (Lipinski definition) is 7. The lowest BCUT2D eigenvalue weighted by molar-refractivity contribution is -0.147. The molecule has 7 N–H and O–H groups in total. The van der Waals surface area contributed by atoms with Gasteiger partial charge in [0.05, 0.1) is 19.0 Å². The Bertz CT molecular complexity index is 806. The first kappa shape index (κ1) is 26.9. The number of carboxylic acids is 2. The fourth-order valence-corrected chi connectivity index (χ4v) is 3.13. The normalized spacial score (nSPS) is 13.3. The third kappa shape index (κ3) is 10.3. The van der Waals surface area contributed by atoms with E-state index in [2.05, 4.69) is 16.0 Å². The molecule has 0 aliphatic carbocycles. The van der Waals surface area contributed by atoms with Crippen LogP contribution in [0.5, 0.6) is 0 Å². The average Bonchev–Trinajstić information content (AvgIpc) is 2.74. The van der Waals surface area contributed by atoms with Gasteiger partial charge in [0.25, 0.3) is 0 Å². The van der Waals surface area contributed by atoms with Crippen LogP contribution in [-0.2, 0) is 30.4 Å². The van der Waals surface area contributed by atoms with Crippen molar-refractivity contribution in [2.45, 2.75) is 37.4 Å². The van der Waals surface area contributed by atoms with Gasteiger partial charge < -0.3 is 31.9 Å². The molecular weight excluding hydrogens is 440 g/mol. The predicted octanol–water partition coefficient (Wildman–Crippen LogP) is -1.05. The van der Waals surface area contributed by atoms with E-state index in [1.807, 2.05) is 30.3 Å². The zero-order valence-corrected chi connectivity index (χ0v) is 18.4. The molecule has 0 radical (unpaired) electrons. The molecule has 0 bridgehead atoms. The summed E-state index contributed by atoms with van der Waals surface area (Å²) in [5.41, 5.74) is 6.72. The van der Waals surface area contributed by atoms with Gasteiger partial charge in [-0.25, -0.2) is 4.79 Å². The number of nitrogens with two attached hydrogens (primary N) is 1. The fourth-order valence-electron chi connectivity index (χ4n) is 2.66. The lowest BCUT2D eigenvalue weighted by Gasteiger charge is -2.21. The SMILES string of the molecule is CSCCC(NC(=O)CNC(=O)C(N)Cc1ccccc1)C(=O)NC(CC(=O)O)C(=O)O. The zero-order chi connectivity index (χ0) is 24.1. The van der Waals surface area contributed by atoms with Gasteiger partial charge >= 0.3 is 11.9 Å². The maximum absolute atomic E-state index is 12.4. The molecule has 12 heteroatoms. The molecule has 3 amide bonds. The number of carbonyl (C=O) groups excluding carboxylic acids is 3. The summed E-state index contributed by atoms with van der Waals surface area (Å²) in [5.74, 6) is -4.46. The zero-order valence-electron chi connectivity index (χ0n) is 17.6. The fraction of sp³-hybridized carbons (Fsp3) is 0.450. The van der Waals surface area contributed by atoms with Gasteiger partial charge in [-0.1, -0.05) is 30.3 Å². The highest BCUT2D eigenvalue weighted by Crippen LogP contribution is 2.04. The van der Waals surface area contributed by atoms with Crippen molar-refractivity contribution in [2.24, 2.45) is 5.73 Å². The van der Waals surface area contributed by atoms with Gasteiger partial charge in [-0.05, 0) is 30.4 Å². The molecule has 1 aromatic carbocycles. The summed E-state index contributed by atoms with van der Waals surface area (Å²) in [4.78, 5) is 58.8. The summed E-state index contributed by atoms with van der Waals surface area (Å²) in [6.45, 7) is -0.429. The Balaban J connectivity index is 2.62. The van der Waals surface area contributed by atoms with E-state index in [9.17, 15) is 24.0 Å². The molecule has 0 fully saturated rings. The maximum atomic E-state index is 12.4. The highest BCUT2D eigenvalue weighted by atomic mass is 32.2. The second-order valence-corrected chi connectivity index (χ2v) is 7.90. The lowest BCUT2D eigenvalue weighted by atomic mass is 10.1. The average molecular weight is 469 g/mol. The van der Waals surface area contributed by atoms with Crippen molar-refractivity contribution in [2.75, 3.05) is 18.6 Å². The molecule has 0 aromatic heterocycles. The van der Waals surface area contributed by atoms with Crippen molar-refractivity contribution >= 4 is 41.4 Å². The summed E-state index contributed by atoms with van der Waals surface area (Å²) in [7, 11) is 0. The summed E-state index contributed by atoms with van der Waals surface area (Å²) in [6.07, 6.45) is 1.45. The first-order valence-corrected chi connectivity index (χ1v) is 11.1. The van der Waals surface area contributed by atoms with Crippen LogP contribution in [0.3, 0.4) is 0 Å². The Morgan fingerprint density at radius 2 is 1.66 bits per heavy atom. The van der Waals surface area contributed by atoms with Crippen LogP contribution in [0.2, 0.25) is 0 Å². The van der Waals surface area contributed by atoms with Gasteiger partial charge in [-0.15, -0.1) is 0 Å². The van der Waals surface area contributed by atoms with Crippen molar-refractivity contribution in [3.8, 4) is 0 Å². The Hall–Kier alpha value is -3.12. The van der Waals surface area contributed by atoms with Gasteiger partial charge in [-0.3, -0.25) is 19.2 Å². The van der Waals surface area contributed by atoms with E-state index in [1.165, 1.54) is 11.8 Å². The molecule has 0 saturated heterocycles. The Morgan fingerprint density at radius 3 is 2.22 bits per heavy atom. The van der Waals surface area contributed by atoms with Crippen LogP contribution in [0.4, 0.5) is 0 Å². The second-order valence-electron chi connectivity index (χ2n) is 6.91. The van der Waals surface area contributed by atoms with Crippen molar-refractivity contribution in [1.82, 2.24) is 16.0 Å². The molecule has 0 aliphatic rings. The summed E-state index contributed by atoms with van der Waals surface area (Å²) < 4.78 is 0. The number of rotatable bonds is 14. The minimum absolute atomic E-state index is 0.180.